The number of aliphatic carboxylic acids is 1. The number of halogens is 1. The average molecular weight is 510 g/mol. The van der Waals surface area contributed by atoms with Gasteiger partial charge in [-0.25, -0.2) is 0 Å². The van der Waals surface area contributed by atoms with Gasteiger partial charge < -0.3 is 9.84 Å². The van der Waals surface area contributed by atoms with Crippen LogP contribution in [-0.4, -0.2) is 28.2 Å². The first-order valence-corrected chi connectivity index (χ1v) is 11.9. The first-order chi connectivity index (χ1) is 14.8. The predicted octanol–water partition coefficient (Wildman–Crippen LogP) is 5.13. The minimum atomic E-state index is -0.609. The first kappa shape index (κ1) is 23.5. The van der Waals surface area contributed by atoms with Crippen molar-refractivity contribution in [2.24, 2.45) is 11.8 Å². The zero-order valence-electron chi connectivity index (χ0n) is 16.9. The van der Waals surface area contributed by atoms with E-state index in [1.54, 1.807) is 24.3 Å². The number of hydrogen-bond donors (Lipinski definition) is 2. The van der Waals surface area contributed by atoms with Crippen LogP contribution in [-0.2, 0) is 14.4 Å². The molecule has 0 bridgehead atoms. The lowest BCUT2D eigenvalue weighted by Gasteiger charge is -2.11. The summed E-state index contributed by atoms with van der Waals surface area (Å²) >= 11 is 4.25. The summed E-state index contributed by atoms with van der Waals surface area (Å²) in [4.78, 5) is 45.3. The van der Waals surface area contributed by atoms with Crippen molar-refractivity contribution in [2.45, 2.75) is 51.4 Å². The summed E-state index contributed by atoms with van der Waals surface area (Å²) in [7, 11) is 0. The molecule has 7 nitrogen and oxygen atoms in total. The van der Waals surface area contributed by atoms with Crippen molar-refractivity contribution in [3.05, 3.63) is 33.1 Å². The molecule has 4 rings (SSSR count). The predicted molar refractivity (Wildman–Crippen MR) is 120 cm³/mol. The van der Waals surface area contributed by atoms with E-state index in [0.29, 0.717) is 15.1 Å². The number of ether oxygens (including phenoxy) is 1. The van der Waals surface area contributed by atoms with Gasteiger partial charge in [-0.2, -0.15) is 0 Å². The van der Waals surface area contributed by atoms with Crippen molar-refractivity contribution in [3.8, 4) is 5.75 Å². The smallest absolute Gasteiger partial charge is 0.314 e. The summed E-state index contributed by atoms with van der Waals surface area (Å²) in [6, 6.07) is 5.18. The molecule has 1 aliphatic heterocycles. The molecule has 2 aliphatic carbocycles. The summed E-state index contributed by atoms with van der Waals surface area (Å²) in [6.45, 7) is 0. The highest BCUT2D eigenvalue weighted by Crippen LogP contribution is 2.32. The Kier molecular flexibility index (Phi) is 8.31. The maximum atomic E-state index is 12.1. The van der Waals surface area contributed by atoms with Gasteiger partial charge in [-0.1, -0.05) is 31.7 Å². The van der Waals surface area contributed by atoms with Crippen molar-refractivity contribution in [3.63, 3.8) is 0 Å². The summed E-state index contributed by atoms with van der Waals surface area (Å²) in [5, 5.41) is 10.2. The van der Waals surface area contributed by atoms with Crippen LogP contribution in [0.15, 0.2) is 27.6 Å². The monoisotopic (exact) mass is 509 g/mol. The summed E-state index contributed by atoms with van der Waals surface area (Å²) < 4.78 is 6.08. The fraction of sp³-hybridized carbons (Fsp3) is 0.455. The van der Waals surface area contributed by atoms with Gasteiger partial charge in [-0.15, -0.1) is 0 Å². The number of carboxylic acids is 1. The second-order valence-electron chi connectivity index (χ2n) is 7.76. The zero-order valence-corrected chi connectivity index (χ0v) is 19.3. The van der Waals surface area contributed by atoms with E-state index in [1.165, 1.54) is 0 Å². The highest BCUT2D eigenvalue weighted by molar-refractivity contribution is 9.10. The lowest BCUT2D eigenvalue weighted by Crippen LogP contribution is -2.18. The molecular formula is C22H24BrNO6S. The van der Waals surface area contributed by atoms with Gasteiger partial charge in [0.15, 0.2) is 0 Å². The number of rotatable bonds is 4. The number of benzene rings is 1. The molecule has 0 aromatic heterocycles. The zero-order chi connectivity index (χ0) is 22.4. The Hall–Kier alpha value is -2.13. The average Bonchev–Trinajstić information content (AvgIpc) is 3.48. The largest absolute Gasteiger partial charge is 0.481 e. The molecule has 1 aromatic carbocycles. The number of amides is 2. The molecule has 1 saturated heterocycles. The highest BCUT2D eigenvalue weighted by atomic mass is 79.9. The molecular weight excluding hydrogens is 486 g/mol. The van der Waals surface area contributed by atoms with Crippen molar-refractivity contribution in [1.29, 1.82) is 0 Å². The summed E-state index contributed by atoms with van der Waals surface area (Å²) in [6.07, 6.45) is 9.57. The number of carbonyl (C=O) groups excluding carboxylic acids is 3. The molecule has 1 aromatic rings. The Balaban J connectivity index is 0.000000287. The number of carboxylic acid groups (broad SMARTS) is 1. The van der Waals surface area contributed by atoms with Crippen LogP contribution in [0.1, 0.15) is 56.9 Å². The van der Waals surface area contributed by atoms with Crippen LogP contribution in [0.5, 0.6) is 5.75 Å². The molecule has 2 amide bonds. The van der Waals surface area contributed by atoms with Crippen molar-refractivity contribution in [2.75, 3.05) is 0 Å². The van der Waals surface area contributed by atoms with Gasteiger partial charge in [0, 0.05) is 0 Å². The van der Waals surface area contributed by atoms with E-state index >= 15 is 0 Å². The molecule has 0 atom stereocenters. The third-order valence-electron chi connectivity index (χ3n) is 5.50. The molecule has 31 heavy (non-hydrogen) atoms. The first-order valence-electron chi connectivity index (χ1n) is 10.3. The van der Waals surface area contributed by atoms with Crippen LogP contribution in [0.25, 0.3) is 6.08 Å². The Morgan fingerprint density at radius 2 is 1.68 bits per heavy atom. The standard InChI is InChI=1S/C16H14BrNO4S.C6H10O2/c17-11-7-9(8-13-14(19)18-16(21)23-13)5-6-12(11)22-15(20)10-3-1-2-4-10;7-6(8)5-3-1-2-4-5/h5-8,10H,1-4H2,(H,18,19,21);5H,1-4H2,(H,7,8)/b13-8-;. The van der Waals surface area contributed by atoms with Gasteiger partial charge in [-0.05, 0) is 77.1 Å². The number of nitrogens with one attached hydrogen (secondary N) is 1. The van der Waals surface area contributed by atoms with E-state index in [4.69, 9.17) is 9.84 Å². The Labute approximate surface area is 193 Å². The summed E-state index contributed by atoms with van der Waals surface area (Å²) in [5.41, 5.74) is 0.741. The van der Waals surface area contributed by atoms with Crippen LogP contribution >= 0.6 is 27.7 Å². The fourth-order valence-corrected chi connectivity index (χ4v) is 4.95. The second-order valence-corrected chi connectivity index (χ2v) is 9.63. The molecule has 1 heterocycles. The molecule has 3 aliphatic rings. The quantitative estimate of drug-likeness (QED) is 0.328. The van der Waals surface area contributed by atoms with Crippen LogP contribution in [0.3, 0.4) is 0 Å². The Bertz CT molecular complexity index is 903. The van der Waals surface area contributed by atoms with Crippen LogP contribution in [0, 0.1) is 11.8 Å². The normalized spacial score (nSPS) is 20.5. The molecule has 0 radical (unpaired) electrons. The highest BCUT2D eigenvalue weighted by Gasteiger charge is 2.26. The van der Waals surface area contributed by atoms with E-state index in [-0.39, 0.29) is 23.0 Å². The SMILES string of the molecule is O=C(O)C1CCCC1.O=C1NC(=O)/C(=C/c2ccc(OC(=O)C3CCCC3)c(Br)c2)S1. The molecule has 166 valence electrons. The molecule has 3 fully saturated rings. The van der Waals surface area contributed by atoms with Crippen molar-refractivity contribution >= 4 is 56.9 Å². The molecule has 0 spiro atoms. The molecule has 9 heteroatoms. The van der Waals surface area contributed by atoms with Gasteiger partial charge in [0.2, 0.25) is 0 Å². The van der Waals surface area contributed by atoms with Crippen molar-refractivity contribution in [1.82, 2.24) is 5.32 Å². The maximum absolute atomic E-state index is 12.1. The number of hydrogen-bond acceptors (Lipinski definition) is 6. The third-order valence-corrected chi connectivity index (χ3v) is 6.93. The van der Waals surface area contributed by atoms with Gasteiger partial charge in [0.1, 0.15) is 5.75 Å². The third kappa shape index (κ3) is 6.67. The molecule has 2 saturated carbocycles. The minimum absolute atomic E-state index is 0.00621. The number of imide groups is 1. The van der Waals surface area contributed by atoms with Gasteiger partial charge in [0.25, 0.3) is 11.1 Å². The molecule has 2 N–H and O–H groups in total. The minimum Gasteiger partial charge on any atom is -0.481 e. The van der Waals surface area contributed by atoms with E-state index < -0.39 is 11.9 Å². The van der Waals surface area contributed by atoms with Crippen molar-refractivity contribution < 1.29 is 29.0 Å². The summed E-state index contributed by atoms with van der Waals surface area (Å²) in [5.74, 6) is -0.757. The van der Waals surface area contributed by atoms with Gasteiger partial charge in [-0.3, -0.25) is 24.5 Å². The van der Waals surface area contributed by atoms with Crippen LogP contribution in [0.4, 0.5) is 4.79 Å². The number of thioether (sulfide) groups is 1. The lowest BCUT2D eigenvalue weighted by molar-refractivity contribution is -0.141. The lowest BCUT2D eigenvalue weighted by atomic mass is 10.1. The maximum Gasteiger partial charge on any atom is 0.314 e. The van der Waals surface area contributed by atoms with Gasteiger partial charge >= 0.3 is 11.9 Å². The fourth-order valence-electron chi connectivity index (χ4n) is 3.79. The van der Waals surface area contributed by atoms with E-state index in [1.807, 2.05) is 0 Å². The Morgan fingerprint density at radius 1 is 1.06 bits per heavy atom. The number of carbonyl (C=O) groups is 4. The van der Waals surface area contributed by atoms with Crippen LogP contribution in [0.2, 0.25) is 0 Å². The van der Waals surface area contributed by atoms with E-state index in [0.717, 1.165) is 68.7 Å². The number of esters is 1. The topological polar surface area (TPSA) is 110 Å². The Morgan fingerprint density at radius 3 is 2.16 bits per heavy atom. The van der Waals surface area contributed by atoms with Gasteiger partial charge in [0.05, 0.1) is 21.2 Å². The van der Waals surface area contributed by atoms with Crippen LogP contribution < -0.4 is 10.1 Å². The second kappa shape index (κ2) is 10.9. The van der Waals surface area contributed by atoms with E-state index in [9.17, 15) is 19.2 Å². The molecule has 0 unspecified atom stereocenters. The van der Waals surface area contributed by atoms with E-state index in [2.05, 4.69) is 21.2 Å².